The van der Waals surface area contributed by atoms with E-state index in [4.69, 9.17) is 14.4 Å². The molecule has 1 aromatic carbocycles. The smallest absolute Gasteiger partial charge is 0.266 e. The number of benzene rings is 1. The average Bonchev–Trinajstić information content (AvgIpc) is 3.29. The van der Waals surface area contributed by atoms with E-state index in [0.29, 0.717) is 24.0 Å². The van der Waals surface area contributed by atoms with Crippen LogP contribution in [0.5, 0.6) is 5.75 Å². The van der Waals surface area contributed by atoms with E-state index >= 15 is 0 Å². The molecule has 1 amide bonds. The van der Waals surface area contributed by atoms with Crippen molar-refractivity contribution in [1.82, 2.24) is 15.5 Å². The van der Waals surface area contributed by atoms with Crippen LogP contribution < -0.4 is 15.0 Å². The molecule has 0 radical (unpaired) electrons. The molecule has 0 spiro atoms. The summed E-state index contributed by atoms with van der Waals surface area (Å²) >= 11 is 0. The zero-order valence-corrected chi connectivity index (χ0v) is 20.6. The fraction of sp³-hybridized carbons (Fsp3) is 0.654. The van der Waals surface area contributed by atoms with Crippen molar-refractivity contribution in [3.63, 3.8) is 0 Å². The van der Waals surface area contributed by atoms with Crippen molar-refractivity contribution in [3.05, 3.63) is 35.2 Å². The fourth-order valence-electron chi connectivity index (χ4n) is 4.94. The number of aliphatic hydroxyl groups excluding tert-OH is 1. The zero-order valence-electron chi connectivity index (χ0n) is 20.6. The monoisotopic (exact) mass is 470 g/mol. The van der Waals surface area contributed by atoms with Gasteiger partial charge in [0.05, 0.1) is 13.2 Å². The summed E-state index contributed by atoms with van der Waals surface area (Å²) in [6.07, 6.45) is 6.75. The first-order chi connectivity index (χ1) is 16.4. The number of carbonyl (C=O) groups excluding carboxylic acids is 1. The minimum Gasteiger partial charge on any atom is -0.494 e. The molecular weight excluding hydrogens is 432 g/mol. The van der Waals surface area contributed by atoms with Crippen LogP contribution in [0, 0.1) is 18.8 Å². The Balaban J connectivity index is 1.15. The average molecular weight is 471 g/mol. The number of rotatable bonds is 10. The molecule has 1 aliphatic heterocycles. The standard InChI is InChI=1S/C26H38N4O4/c1-17-13-21(14-17)25-28-26(29-34-25)30-10-8-20(9-11-30)5-4-12-33-22-6-7-23(18(2)15-22)24(32)27-19(3)16-31/h6-7,15,17,19-21,31H,4-5,8-14,16H2,1-3H3,(H,27,32)/t17?,19-,21?/m1/s1. The van der Waals surface area contributed by atoms with Crippen molar-refractivity contribution in [1.29, 1.82) is 0 Å². The maximum absolute atomic E-state index is 12.3. The first kappa shape index (κ1) is 24.5. The van der Waals surface area contributed by atoms with Crippen molar-refractivity contribution >= 4 is 11.9 Å². The minimum atomic E-state index is -0.268. The highest BCUT2D eigenvalue weighted by Crippen LogP contribution is 2.40. The lowest BCUT2D eigenvalue weighted by Gasteiger charge is -2.31. The second kappa shape index (κ2) is 11.2. The summed E-state index contributed by atoms with van der Waals surface area (Å²) < 4.78 is 11.5. The maximum Gasteiger partial charge on any atom is 0.266 e. The van der Waals surface area contributed by atoms with Gasteiger partial charge in [0.2, 0.25) is 5.89 Å². The number of anilines is 1. The molecule has 1 saturated heterocycles. The van der Waals surface area contributed by atoms with Crippen LogP contribution in [0.15, 0.2) is 22.7 Å². The van der Waals surface area contributed by atoms with Gasteiger partial charge in [-0.2, -0.15) is 4.98 Å². The molecule has 4 rings (SSSR count). The molecule has 0 bridgehead atoms. The van der Waals surface area contributed by atoms with E-state index in [1.807, 2.05) is 19.1 Å². The van der Waals surface area contributed by atoms with Gasteiger partial charge in [0, 0.05) is 30.6 Å². The van der Waals surface area contributed by atoms with Crippen LogP contribution in [0.4, 0.5) is 5.95 Å². The predicted molar refractivity (Wildman–Crippen MR) is 130 cm³/mol. The van der Waals surface area contributed by atoms with Crippen LogP contribution >= 0.6 is 0 Å². The number of carbonyl (C=O) groups is 1. The summed E-state index contributed by atoms with van der Waals surface area (Å²) in [5.41, 5.74) is 1.47. The predicted octanol–water partition coefficient (Wildman–Crippen LogP) is 4.08. The highest BCUT2D eigenvalue weighted by molar-refractivity contribution is 5.95. The Morgan fingerprint density at radius 2 is 2.09 bits per heavy atom. The molecule has 1 saturated carbocycles. The van der Waals surface area contributed by atoms with Gasteiger partial charge >= 0.3 is 0 Å². The second-order valence-electron chi connectivity index (χ2n) is 10.2. The van der Waals surface area contributed by atoms with Crippen LogP contribution in [-0.2, 0) is 0 Å². The highest BCUT2D eigenvalue weighted by Gasteiger charge is 2.32. The molecule has 2 N–H and O–H groups in total. The number of ether oxygens (including phenoxy) is 1. The number of aliphatic hydroxyl groups is 1. The van der Waals surface area contributed by atoms with E-state index in [1.54, 1.807) is 13.0 Å². The third-order valence-corrected chi connectivity index (χ3v) is 7.17. The summed E-state index contributed by atoms with van der Waals surface area (Å²) in [5, 5.41) is 16.1. The number of piperidine rings is 1. The third kappa shape index (κ3) is 6.09. The van der Waals surface area contributed by atoms with E-state index in [-0.39, 0.29) is 18.6 Å². The van der Waals surface area contributed by atoms with Gasteiger partial charge in [0.15, 0.2) is 0 Å². The summed E-state index contributed by atoms with van der Waals surface area (Å²) in [6.45, 7) is 8.48. The van der Waals surface area contributed by atoms with Crippen molar-refractivity contribution < 1.29 is 19.2 Å². The van der Waals surface area contributed by atoms with Crippen LogP contribution in [-0.4, -0.2) is 53.5 Å². The second-order valence-corrected chi connectivity index (χ2v) is 10.2. The van der Waals surface area contributed by atoms with Crippen molar-refractivity contribution in [2.75, 3.05) is 31.2 Å². The highest BCUT2D eigenvalue weighted by atomic mass is 16.5. The largest absolute Gasteiger partial charge is 0.494 e. The topological polar surface area (TPSA) is 101 Å². The normalized spacial score (nSPS) is 21.7. The lowest BCUT2D eigenvalue weighted by molar-refractivity contribution is 0.0921. The molecule has 8 heteroatoms. The Morgan fingerprint density at radius 3 is 2.76 bits per heavy atom. The van der Waals surface area contributed by atoms with Gasteiger partial charge in [-0.25, -0.2) is 0 Å². The SMILES string of the molecule is Cc1cc(OCCCC2CCN(c3noc(C4CC(C)C4)n3)CC2)ccc1C(=O)N[C@H](C)CO. The summed E-state index contributed by atoms with van der Waals surface area (Å²) in [7, 11) is 0. The van der Waals surface area contributed by atoms with Crippen LogP contribution in [0.1, 0.15) is 80.1 Å². The number of hydrogen-bond acceptors (Lipinski definition) is 7. The number of aromatic nitrogens is 2. The Kier molecular flexibility index (Phi) is 8.08. The fourth-order valence-corrected chi connectivity index (χ4v) is 4.94. The molecule has 0 unspecified atom stereocenters. The molecule has 2 aromatic rings. The quantitative estimate of drug-likeness (QED) is 0.505. The number of aryl methyl sites for hydroxylation is 1. The van der Waals surface area contributed by atoms with E-state index in [9.17, 15) is 4.79 Å². The minimum absolute atomic E-state index is 0.0805. The van der Waals surface area contributed by atoms with Gasteiger partial charge in [-0.15, -0.1) is 0 Å². The number of nitrogens with zero attached hydrogens (tertiary/aromatic N) is 3. The molecule has 1 aromatic heterocycles. The molecule has 186 valence electrons. The zero-order chi connectivity index (χ0) is 24.1. The van der Waals surface area contributed by atoms with Crippen LogP contribution in [0.2, 0.25) is 0 Å². The molecule has 1 aliphatic carbocycles. The number of nitrogens with one attached hydrogen (secondary N) is 1. The Labute approximate surface area is 202 Å². The molecular formula is C26H38N4O4. The van der Waals surface area contributed by atoms with Gasteiger partial charge in [-0.05, 0) is 93.1 Å². The number of amides is 1. The lowest BCUT2D eigenvalue weighted by Crippen LogP contribution is -2.35. The Morgan fingerprint density at radius 1 is 1.32 bits per heavy atom. The summed E-state index contributed by atoms with van der Waals surface area (Å²) in [5.74, 6) is 4.11. The molecule has 2 aliphatic rings. The molecule has 34 heavy (non-hydrogen) atoms. The van der Waals surface area contributed by atoms with Crippen LogP contribution in [0.3, 0.4) is 0 Å². The van der Waals surface area contributed by atoms with Crippen molar-refractivity contribution in [2.24, 2.45) is 11.8 Å². The summed E-state index contributed by atoms with van der Waals surface area (Å²) in [6, 6.07) is 5.26. The van der Waals surface area contributed by atoms with E-state index in [2.05, 4.69) is 27.3 Å². The maximum atomic E-state index is 12.3. The van der Waals surface area contributed by atoms with E-state index < -0.39 is 0 Å². The molecule has 1 atom stereocenters. The van der Waals surface area contributed by atoms with Crippen molar-refractivity contribution in [3.8, 4) is 5.75 Å². The lowest BCUT2D eigenvalue weighted by atomic mass is 9.76. The van der Waals surface area contributed by atoms with E-state index in [1.165, 1.54) is 0 Å². The van der Waals surface area contributed by atoms with Gasteiger partial charge in [-0.1, -0.05) is 6.92 Å². The first-order valence-corrected chi connectivity index (χ1v) is 12.7. The first-order valence-electron chi connectivity index (χ1n) is 12.7. The van der Waals surface area contributed by atoms with Gasteiger partial charge in [0.1, 0.15) is 5.75 Å². The van der Waals surface area contributed by atoms with Gasteiger partial charge in [0.25, 0.3) is 11.9 Å². The van der Waals surface area contributed by atoms with Crippen LogP contribution in [0.25, 0.3) is 0 Å². The Hall–Kier alpha value is -2.61. The molecule has 8 nitrogen and oxygen atoms in total. The Bertz CT molecular complexity index is 948. The number of hydrogen-bond donors (Lipinski definition) is 2. The molecule has 2 fully saturated rings. The van der Waals surface area contributed by atoms with Crippen molar-refractivity contribution in [2.45, 2.75) is 71.3 Å². The summed E-state index contributed by atoms with van der Waals surface area (Å²) in [4.78, 5) is 19.2. The van der Waals surface area contributed by atoms with E-state index in [0.717, 1.165) is 80.7 Å². The molecule has 2 heterocycles. The third-order valence-electron chi connectivity index (χ3n) is 7.17. The van der Waals surface area contributed by atoms with Gasteiger partial charge < -0.3 is 24.6 Å². The van der Waals surface area contributed by atoms with Gasteiger partial charge in [-0.3, -0.25) is 4.79 Å².